The molecule has 0 radical (unpaired) electrons. The average Bonchev–Trinajstić information content (AvgIpc) is 3.47. The Hall–Kier alpha value is -2.88. The first-order chi connectivity index (χ1) is 13.1. The van der Waals surface area contributed by atoms with Gasteiger partial charge in [0.25, 0.3) is 5.91 Å². The Balaban J connectivity index is 1.73. The van der Waals surface area contributed by atoms with Crippen molar-refractivity contribution < 1.29 is 9.53 Å². The number of benzene rings is 2. The molecule has 1 aromatic heterocycles. The highest BCUT2D eigenvalue weighted by atomic mass is 16.5. The summed E-state index contributed by atoms with van der Waals surface area (Å²) in [5, 5.41) is 4.43. The zero-order valence-corrected chi connectivity index (χ0v) is 16.0. The summed E-state index contributed by atoms with van der Waals surface area (Å²) in [6, 6.07) is 14.0. The molecule has 138 valence electrons. The van der Waals surface area contributed by atoms with Crippen LogP contribution in [0.25, 0.3) is 10.9 Å². The predicted octanol–water partition coefficient (Wildman–Crippen LogP) is 4.53. The topological polar surface area (TPSA) is 51.2 Å². The van der Waals surface area contributed by atoms with Crippen molar-refractivity contribution in [1.82, 2.24) is 10.3 Å². The summed E-state index contributed by atoms with van der Waals surface area (Å²) in [6.07, 6.45) is 4.65. The van der Waals surface area contributed by atoms with Gasteiger partial charge in [-0.15, -0.1) is 0 Å². The summed E-state index contributed by atoms with van der Waals surface area (Å²) in [6.45, 7) is 4.09. The molecule has 1 amide bonds. The first-order valence-corrected chi connectivity index (χ1v) is 9.41. The molecule has 4 rings (SSSR count). The lowest BCUT2D eigenvalue weighted by atomic mass is 9.95. The zero-order valence-electron chi connectivity index (χ0n) is 16.0. The van der Waals surface area contributed by atoms with Crippen LogP contribution in [-0.4, -0.2) is 18.0 Å². The fraction of sp³-hybridized carbons (Fsp3) is 0.304. The lowest BCUT2D eigenvalue weighted by Gasteiger charge is -2.21. The van der Waals surface area contributed by atoms with Crippen molar-refractivity contribution in [3.63, 3.8) is 0 Å². The Morgan fingerprint density at radius 3 is 2.74 bits per heavy atom. The average molecular weight is 360 g/mol. The van der Waals surface area contributed by atoms with Crippen molar-refractivity contribution in [1.29, 1.82) is 0 Å². The van der Waals surface area contributed by atoms with Gasteiger partial charge in [0, 0.05) is 17.1 Å². The van der Waals surface area contributed by atoms with E-state index in [-0.39, 0.29) is 11.4 Å². The summed E-state index contributed by atoms with van der Waals surface area (Å²) < 4.78 is 5.29. The first kappa shape index (κ1) is 17.5. The summed E-state index contributed by atoms with van der Waals surface area (Å²) in [5.41, 5.74) is 4.71. The number of carbonyl (C=O) groups excluding carboxylic acids is 1. The molecule has 0 aliphatic heterocycles. The molecule has 1 heterocycles. The number of fused-ring (bicyclic) bond motifs is 1. The van der Waals surface area contributed by atoms with Crippen LogP contribution in [0.3, 0.4) is 0 Å². The third-order valence-electron chi connectivity index (χ3n) is 5.50. The van der Waals surface area contributed by atoms with E-state index >= 15 is 0 Å². The molecule has 1 fully saturated rings. The van der Waals surface area contributed by atoms with Gasteiger partial charge in [-0.1, -0.05) is 25.1 Å². The van der Waals surface area contributed by atoms with Crippen LogP contribution in [0, 0.1) is 6.92 Å². The van der Waals surface area contributed by atoms with Gasteiger partial charge in [0.05, 0.1) is 18.2 Å². The van der Waals surface area contributed by atoms with Crippen LogP contribution in [0.1, 0.15) is 46.8 Å². The summed E-state index contributed by atoms with van der Waals surface area (Å²) >= 11 is 0. The van der Waals surface area contributed by atoms with Crippen LogP contribution in [0.15, 0.2) is 48.7 Å². The maximum atomic E-state index is 13.1. The molecule has 0 saturated heterocycles. The van der Waals surface area contributed by atoms with Crippen LogP contribution in [-0.2, 0) is 12.0 Å². The zero-order chi connectivity index (χ0) is 19.0. The van der Waals surface area contributed by atoms with E-state index in [1.165, 1.54) is 11.1 Å². The molecule has 0 atom stereocenters. The fourth-order valence-electron chi connectivity index (χ4n) is 3.68. The second-order valence-electron chi connectivity index (χ2n) is 7.28. The van der Waals surface area contributed by atoms with Gasteiger partial charge in [0.1, 0.15) is 5.75 Å². The monoisotopic (exact) mass is 360 g/mol. The second-order valence-corrected chi connectivity index (χ2v) is 7.28. The van der Waals surface area contributed by atoms with Gasteiger partial charge in [-0.3, -0.25) is 9.78 Å². The molecule has 3 aromatic rings. The molecule has 4 nitrogen and oxygen atoms in total. The lowest BCUT2D eigenvalue weighted by Crippen LogP contribution is -2.35. The van der Waals surface area contributed by atoms with Gasteiger partial charge in [-0.05, 0) is 67.1 Å². The molecular formula is C23H24N2O2. The lowest BCUT2D eigenvalue weighted by molar-refractivity contribution is 0.0930. The van der Waals surface area contributed by atoms with Crippen molar-refractivity contribution in [2.24, 2.45) is 0 Å². The summed E-state index contributed by atoms with van der Waals surface area (Å²) in [4.78, 5) is 17.6. The second kappa shape index (κ2) is 6.69. The number of methoxy groups -OCH3 is 1. The smallest absolute Gasteiger partial charge is 0.252 e. The van der Waals surface area contributed by atoms with E-state index in [0.29, 0.717) is 11.3 Å². The minimum atomic E-state index is -0.306. The number of nitrogens with one attached hydrogen (secondary N) is 1. The van der Waals surface area contributed by atoms with Crippen molar-refractivity contribution in [3.8, 4) is 5.75 Å². The van der Waals surface area contributed by atoms with Gasteiger partial charge < -0.3 is 10.1 Å². The molecule has 27 heavy (non-hydrogen) atoms. The third-order valence-corrected chi connectivity index (χ3v) is 5.50. The number of ether oxygens (including phenoxy) is 1. The van der Waals surface area contributed by atoms with E-state index in [9.17, 15) is 4.79 Å². The standard InChI is InChI=1S/C23H24N2O2/c1-4-16-12-20(18-6-5-11-24-21(18)13-16)23(9-10-23)25-22(26)19-14-17(27-3)8-7-15(19)2/h5-8,11-14H,4,9-10H2,1-3H3,(H,25,26). The Bertz CT molecular complexity index is 1020. The number of amides is 1. The van der Waals surface area contributed by atoms with Gasteiger partial charge in [-0.25, -0.2) is 0 Å². The van der Waals surface area contributed by atoms with Gasteiger partial charge in [0.2, 0.25) is 0 Å². The van der Waals surface area contributed by atoms with Gasteiger partial charge >= 0.3 is 0 Å². The molecule has 1 N–H and O–H groups in total. The Morgan fingerprint density at radius 1 is 1.22 bits per heavy atom. The maximum absolute atomic E-state index is 13.1. The van der Waals surface area contributed by atoms with E-state index < -0.39 is 0 Å². The minimum Gasteiger partial charge on any atom is -0.497 e. The van der Waals surface area contributed by atoms with E-state index in [2.05, 4.69) is 35.4 Å². The largest absolute Gasteiger partial charge is 0.497 e. The highest BCUT2D eigenvalue weighted by Crippen LogP contribution is 2.48. The van der Waals surface area contributed by atoms with Crippen LogP contribution in [0.5, 0.6) is 5.75 Å². The predicted molar refractivity (Wildman–Crippen MR) is 107 cm³/mol. The Labute approximate surface area is 159 Å². The van der Waals surface area contributed by atoms with E-state index in [1.807, 2.05) is 37.4 Å². The number of aryl methyl sites for hydroxylation is 2. The minimum absolute atomic E-state index is 0.0529. The number of hydrogen-bond donors (Lipinski definition) is 1. The Kier molecular flexibility index (Phi) is 4.34. The number of carbonyl (C=O) groups is 1. The highest BCUT2D eigenvalue weighted by molar-refractivity contribution is 5.97. The highest BCUT2D eigenvalue weighted by Gasteiger charge is 2.47. The molecular weight excluding hydrogens is 336 g/mol. The molecule has 1 saturated carbocycles. The SMILES string of the molecule is CCc1cc(C2(NC(=O)c3cc(OC)ccc3C)CC2)c2cccnc2c1. The van der Waals surface area contributed by atoms with Crippen molar-refractivity contribution >= 4 is 16.8 Å². The number of hydrogen-bond acceptors (Lipinski definition) is 3. The van der Waals surface area contributed by atoms with Gasteiger partial charge in [-0.2, -0.15) is 0 Å². The number of rotatable bonds is 5. The molecule has 1 aliphatic rings. The third kappa shape index (κ3) is 3.16. The number of aromatic nitrogens is 1. The molecule has 0 bridgehead atoms. The van der Waals surface area contributed by atoms with E-state index in [1.54, 1.807) is 7.11 Å². The number of nitrogens with zero attached hydrogens (tertiary/aromatic N) is 1. The molecule has 1 aliphatic carbocycles. The van der Waals surface area contributed by atoms with Crippen LogP contribution in [0.2, 0.25) is 0 Å². The van der Waals surface area contributed by atoms with Crippen LogP contribution >= 0.6 is 0 Å². The molecule has 4 heteroatoms. The Morgan fingerprint density at radius 2 is 2.04 bits per heavy atom. The fourth-order valence-corrected chi connectivity index (χ4v) is 3.68. The van der Waals surface area contributed by atoms with E-state index in [4.69, 9.17) is 4.74 Å². The number of pyridine rings is 1. The van der Waals surface area contributed by atoms with Crippen molar-refractivity contribution in [3.05, 3.63) is 70.9 Å². The quantitative estimate of drug-likeness (QED) is 0.727. The molecule has 0 unspecified atom stereocenters. The van der Waals surface area contributed by atoms with Gasteiger partial charge in [0.15, 0.2) is 0 Å². The van der Waals surface area contributed by atoms with Crippen molar-refractivity contribution in [2.45, 2.75) is 38.6 Å². The van der Waals surface area contributed by atoms with Crippen LogP contribution < -0.4 is 10.1 Å². The molecule has 0 spiro atoms. The maximum Gasteiger partial charge on any atom is 0.252 e. The molecule has 2 aromatic carbocycles. The van der Waals surface area contributed by atoms with Crippen molar-refractivity contribution in [2.75, 3.05) is 7.11 Å². The summed E-state index contributed by atoms with van der Waals surface area (Å²) in [5.74, 6) is 0.640. The normalized spacial score (nSPS) is 14.8. The first-order valence-electron chi connectivity index (χ1n) is 9.41. The van der Waals surface area contributed by atoms with Crippen LogP contribution in [0.4, 0.5) is 0 Å². The summed E-state index contributed by atoms with van der Waals surface area (Å²) in [7, 11) is 1.62. The van der Waals surface area contributed by atoms with E-state index in [0.717, 1.165) is 35.7 Å².